The molecule has 24 heavy (non-hydrogen) atoms. The second kappa shape index (κ2) is 6.35. The van der Waals surface area contributed by atoms with Crippen LogP contribution < -0.4 is 4.74 Å². The van der Waals surface area contributed by atoms with Crippen molar-refractivity contribution in [2.45, 2.75) is 13.0 Å². The first-order valence-electron chi connectivity index (χ1n) is 7.58. The number of amides is 1. The van der Waals surface area contributed by atoms with Crippen LogP contribution >= 0.6 is 0 Å². The van der Waals surface area contributed by atoms with E-state index in [1.807, 2.05) is 0 Å². The molecular formula is C16H17F2NO5. The van der Waals surface area contributed by atoms with Crippen LogP contribution in [-0.4, -0.2) is 54.8 Å². The molecule has 0 aliphatic carbocycles. The van der Waals surface area contributed by atoms with Crippen LogP contribution in [-0.2, 0) is 9.53 Å². The van der Waals surface area contributed by atoms with Gasteiger partial charge in [0.05, 0.1) is 12.0 Å². The van der Waals surface area contributed by atoms with E-state index in [2.05, 4.69) is 4.74 Å². The standard InChI is InChI=1S/C16H17F2NO5/c17-15(18)24-12-3-1-10(2-4-12)13(20)19-7-11-8-23-6-5-16(11,9-19)14(21)22/h1-4,11,15H,5-9H2,(H,21,22)/t11-,16+/m0/s1. The highest BCUT2D eigenvalue weighted by molar-refractivity contribution is 5.95. The summed E-state index contributed by atoms with van der Waals surface area (Å²) in [7, 11) is 0. The molecule has 2 aliphatic heterocycles. The lowest BCUT2D eigenvalue weighted by Crippen LogP contribution is -2.45. The van der Waals surface area contributed by atoms with Crippen molar-refractivity contribution < 1.29 is 33.0 Å². The number of alkyl halides is 2. The second-order valence-corrected chi connectivity index (χ2v) is 6.07. The first-order valence-corrected chi connectivity index (χ1v) is 7.58. The van der Waals surface area contributed by atoms with Gasteiger partial charge >= 0.3 is 12.6 Å². The van der Waals surface area contributed by atoms with Crippen LogP contribution in [0.25, 0.3) is 0 Å². The lowest BCUT2D eigenvalue weighted by Gasteiger charge is -2.33. The number of hydrogen-bond donors (Lipinski definition) is 1. The minimum absolute atomic E-state index is 0.0351. The van der Waals surface area contributed by atoms with E-state index in [0.29, 0.717) is 31.7 Å². The molecule has 1 N–H and O–H groups in total. The Hall–Kier alpha value is -2.22. The van der Waals surface area contributed by atoms with Crippen LogP contribution in [0.5, 0.6) is 5.75 Å². The molecule has 6 nitrogen and oxygen atoms in total. The van der Waals surface area contributed by atoms with Crippen LogP contribution in [0.15, 0.2) is 24.3 Å². The first-order chi connectivity index (χ1) is 11.4. The third-order valence-electron chi connectivity index (χ3n) is 4.75. The number of carboxylic acids is 1. The van der Waals surface area contributed by atoms with E-state index in [1.54, 1.807) is 0 Å². The molecule has 0 saturated carbocycles. The van der Waals surface area contributed by atoms with Crippen LogP contribution in [0.3, 0.4) is 0 Å². The van der Waals surface area contributed by atoms with Gasteiger partial charge in [-0.1, -0.05) is 0 Å². The van der Waals surface area contributed by atoms with Gasteiger partial charge in [-0.05, 0) is 30.7 Å². The molecule has 2 fully saturated rings. The van der Waals surface area contributed by atoms with Crippen molar-refractivity contribution in [2.75, 3.05) is 26.3 Å². The molecule has 2 aliphatic rings. The minimum Gasteiger partial charge on any atom is -0.481 e. The zero-order valence-corrected chi connectivity index (χ0v) is 12.8. The molecule has 2 heterocycles. The lowest BCUT2D eigenvalue weighted by atomic mass is 9.74. The largest absolute Gasteiger partial charge is 0.481 e. The van der Waals surface area contributed by atoms with Crippen molar-refractivity contribution in [2.24, 2.45) is 11.3 Å². The molecule has 130 valence electrons. The second-order valence-electron chi connectivity index (χ2n) is 6.07. The van der Waals surface area contributed by atoms with Crippen LogP contribution in [0, 0.1) is 11.3 Å². The number of halogens is 2. The number of hydrogen-bond acceptors (Lipinski definition) is 4. The average Bonchev–Trinajstić information content (AvgIpc) is 2.95. The van der Waals surface area contributed by atoms with Gasteiger partial charge in [0.2, 0.25) is 0 Å². The Morgan fingerprint density at radius 3 is 2.62 bits per heavy atom. The van der Waals surface area contributed by atoms with Crippen molar-refractivity contribution in [1.29, 1.82) is 0 Å². The third-order valence-corrected chi connectivity index (χ3v) is 4.75. The van der Waals surface area contributed by atoms with E-state index in [0.717, 1.165) is 0 Å². The molecule has 0 radical (unpaired) electrons. The lowest BCUT2D eigenvalue weighted by molar-refractivity contribution is -0.157. The highest BCUT2D eigenvalue weighted by Crippen LogP contribution is 2.42. The van der Waals surface area contributed by atoms with Gasteiger partial charge in [0.25, 0.3) is 5.91 Å². The van der Waals surface area contributed by atoms with Gasteiger partial charge in [-0.25, -0.2) is 0 Å². The van der Waals surface area contributed by atoms with Crippen molar-refractivity contribution >= 4 is 11.9 Å². The van der Waals surface area contributed by atoms with Gasteiger partial charge in [-0.15, -0.1) is 0 Å². The topological polar surface area (TPSA) is 76.1 Å². The zero-order chi connectivity index (χ0) is 17.3. The quantitative estimate of drug-likeness (QED) is 0.904. The molecule has 0 bridgehead atoms. The summed E-state index contributed by atoms with van der Waals surface area (Å²) >= 11 is 0. The van der Waals surface area contributed by atoms with Gasteiger partial charge in [0, 0.05) is 31.2 Å². The molecule has 1 aromatic rings. The van der Waals surface area contributed by atoms with Gasteiger partial charge < -0.3 is 19.5 Å². The summed E-state index contributed by atoms with van der Waals surface area (Å²) in [6, 6.07) is 5.37. The van der Waals surface area contributed by atoms with Crippen molar-refractivity contribution in [3.05, 3.63) is 29.8 Å². The molecule has 0 unspecified atom stereocenters. The minimum atomic E-state index is -2.93. The molecule has 2 atom stereocenters. The average molecular weight is 341 g/mol. The summed E-state index contributed by atoms with van der Waals surface area (Å²) in [6.45, 7) is -1.81. The summed E-state index contributed by atoms with van der Waals surface area (Å²) in [5.41, 5.74) is -0.663. The Kier molecular flexibility index (Phi) is 4.40. The van der Waals surface area contributed by atoms with Crippen molar-refractivity contribution in [1.82, 2.24) is 4.90 Å². The molecule has 1 amide bonds. The van der Waals surface area contributed by atoms with E-state index in [4.69, 9.17) is 4.74 Å². The van der Waals surface area contributed by atoms with Crippen molar-refractivity contribution in [3.63, 3.8) is 0 Å². The number of ether oxygens (including phenoxy) is 2. The Balaban J connectivity index is 1.75. The summed E-state index contributed by atoms with van der Waals surface area (Å²) in [6.07, 6.45) is 0.373. The molecule has 0 spiro atoms. The monoisotopic (exact) mass is 341 g/mol. The van der Waals surface area contributed by atoms with Crippen LogP contribution in [0.2, 0.25) is 0 Å². The fourth-order valence-electron chi connectivity index (χ4n) is 3.42. The zero-order valence-electron chi connectivity index (χ0n) is 12.8. The maximum absolute atomic E-state index is 12.6. The Morgan fingerprint density at radius 2 is 2.04 bits per heavy atom. The van der Waals surface area contributed by atoms with Crippen LogP contribution in [0.4, 0.5) is 8.78 Å². The number of carbonyl (C=O) groups is 2. The normalized spacial score (nSPS) is 26.3. The van der Waals surface area contributed by atoms with Gasteiger partial charge in [-0.2, -0.15) is 8.78 Å². The fourth-order valence-corrected chi connectivity index (χ4v) is 3.42. The molecular weight excluding hydrogens is 324 g/mol. The Bertz CT molecular complexity index is 636. The molecule has 8 heteroatoms. The molecule has 2 saturated heterocycles. The number of rotatable bonds is 4. The maximum atomic E-state index is 12.6. The van der Waals surface area contributed by atoms with Gasteiger partial charge in [0.15, 0.2) is 0 Å². The van der Waals surface area contributed by atoms with E-state index < -0.39 is 18.0 Å². The summed E-state index contributed by atoms with van der Waals surface area (Å²) in [5.74, 6) is -1.51. The SMILES string of the molecule is O=C(c1ccc(OC(F)F)cc1)N1C[C@H]2COCC[C@@]2(C(=O)O)C1. The van der Waals surface area contributed by atoms with E-state index in [-0.39, 0.29) is 24.1 Å². The highest BCUT2D eigenvalue weighted by Gasteiger charge is 2.54. The highest BCUT2D eigenvalue weighted by atomic mass is 19.3. The molecule has 0 aromatic heterocycles. The summed E-state index contributed by atoms with van der Waals surface area (Å²) < 4.78 is 33.9. The molecule has 1 aromatic carbocycles. The van der Waals surface area contributed by atoms with E-state index in [9.17, 15) is 23.5 Å². The predicted molar refractivity (Wildman–Crippen MR) is 78.0 cm³/mol. The predicted octanol–water partition coefficient (Wildman–Crippen LogP) is 1.85. The van der Waals surface area contributed by atoms with Gasteiger partial charge in [-0.3, -0.25) is 9.59 Å². The van der Waals surface area contributed by atoms with E-state index in [1.165, 1.54) is 29.2 Å². The number of nitrogens with zero attached hydrogens (tertiary/aromatic N) is 1. The maximum Gasteiger partial charge on any atom is 0.387 e. The third kappa shape index (κ3) is 2.93. The Morgan fingerprint density at radius 1 is 1.33 bits per heavy atom. The number of fused-ring (bicyclic) bond motifs is 1. The molecule has 3 rings (SSSR count). The fraction of sp³-hybridized carbons (Fsp3) is 0.500. The summed E-state index contributed by atoms with van der Waals surface area (Å²) in [5, 5.41) is 9.61. The van der Waals surface area contributed by atoms with Crippen molar-refractivity contribution in [3.8, 4) is 5.75 Å². The Labute approximate surface area is 137 Å². The number of likely N-dealkylation sites (tertiary alicyclic amines) is 1. The first kappa shape index (κ1) is 16.6. The van der Waals surface area contributed by atoms with Gasteiger partial charge in [0.1, 0.15) is 5.75 Å². The summed E-state index contributed by atoms with van der Waals surface area (Å²) in [4.78, 5) is 25.8. The number of carboxylic acid groups (broad SMARTS) is 1. The number of aliphatic carboxylic acids is 1. The smallest absolute Gasteiger partial charge is 0.387 e. The number of benzene rings is 1. The number of carbonyl (C=O) groups excluding carboxylic acids is 1. The van der Waals surface area contributed by atoms with E-state index >= 15 is 0 Å². The van der Waals surface area contributed by atoms with Crippen LogP contribution in [0.1, 0.15) is 16.8 Å².